The van der Waals surface area contributed by atoms with E-state index in [-0.39, 0.29) is 11.7 Å². The fourth-order valence-electron chi connectivity index (χ4n) is 0.678. The Morgan fingerprint density at radius 2 is 2.30 bits per heavy atom. The van der Waals surface area contributed by atoms with Crippen LogP contribution in [0.5, 0.6) is 5.95 Å². The number of carboxylic acids is 1. The minimum absolute atomic E-state index is 0.211. The molecule has 1 aromatic rings. The van der Waals surface area contributed by atoms with Crippen LogP contribution in [0.25, 0.3) is 0 Å². The van der Waals surface area contributed by atoms with Crippen LogP contribution >= 0.6 is 0 Å². The van der Waals surface area contributed by atoms with Crippen molar-refractivity contribution in [3.05, 3.63) is 17.4 Å². The Labute approximate surface area is 56.7 Å². The summed E-state index contributed by atoms with van der Waals surface area (Å²) in [5, 5.41) is 17.0. The van der Waals surface area contributed by atoms with Gasteiger partial charge in [-0.05, 0) is 6.92 Å². The fourth-order valence-corrected chi connectivity index (χ4v) is 0.678. The molecule has 0 aliphatic heterocycles. The Kier molecular flexibility index (Phi) is 1.37. The zero-order chi connectivity index (χ0) is 7.72. The molecule has 2 N–H and O–H groups in total. The molecular weight excluding hydrogens is 136 g/mol. The smallest absolute Gasteiger partial charge is 0.372 e. The molecule has 0 amide bonds. The van der Waals surface area contributed by atoms with Crippen molar-refractivity contribution in [2.24, 2.45) is 0 Å². The maximum atomic E-state index is 10.2. The third kappa shape index (κ3) is 0.953. The van der Waals surface area contributed by atoms with Crippen molar-refractivity contribution in [3.63, 3.8) is 0 Å². The van der Waals surface area contributed by atoms with Crippen molar-refractivity contribution in [1.29, 1.82) is 0 Å². The quantitative estimate of drug-likeness (QED) is 0.613. The van der Waals surface area contributed by atoms with Crippen LogP contribution in [0.1, 0.15) is 16.1 Å². The number of aryl methyl sites for hydroxylation is 1. The number of hydrogen-bond donors (Lipinski definition) is 2. The second-order valence-electron chi connectivity index (χ2n) is 1.90. The van der Waals surface area contributed by atoms with Gasteiger partial charge in [-0.25, -0.2) is 4.79 Å². The van der Waals surface area contributed by atoms with E-state index in [0.29, 0.717) is 5.56 Å². The summed E-state index contributed by atoms with van der Waals surface area (Å²) in [4.78, 5) is 10.2. The summed E-state index contributed by atoms with van der Waals surface area (Å²) in [6, 6.07) is 1.25. The van der Waals surface area contributed by atoms with Crippen molar-refractivity contribution in [2.45, 2.75) is 6.92 Å². The first kappa shape index (κ1) is 6.67. The van der Waals surface area contributed by atoms with Gasteiger partial charge in [0.25, 0.3) is 5.95 Å². The zero-order valence-corrected chi connectivity index (χ0v) is 5.29. The molecule has 1 aromatic heterocycles. The summed E-state index contributed by atoms with van der Waals surface area (Å²) < 4.78 is 4.43. The summed E-state index contributed by atoms with van der Waals surface area (Å²) in [5.41, 5.74) is 0.421. The molecule has 0 aromatic carbocycles. The monoisotopic (exact) mass is 142 g/mol. The minimum atomic E-state index is -1.17. The largest absolute Gasteiger partial charge is 0.481 e. The Morgan fingerprint density at radius 3 is 2.50 bits per heavy atom. The standard InChI is InChI=1S/C6H6O4/c1-3-2-4(7)10-5(3)6(8)9/h2,7H,1H3,(H,8,9). The van der Waals surface area contributed by atoms with Gasteiger partial charge in [0, 0.05) is 11.6 Å². The van der Waals surface area contributed by atoms with E-state index in [1.807, 2.05) is 0 Å². The Balaban J connectivity index is 3.15. The normalized spacial score (nSPS) is 9.70. The number of hydrogen-bond acceptors (Lipinski definition) is 3. The molecule has 1 heterocycles. The lowest BCUT2D eigenvalue weighted by molar-refractivity contribution is 0.0655. The molecule has 0 unspecified atom stereocenters. The van der Waals surface area contributed by atoms with Gasteiger partial charge in [0.2, 0.25) is 5.76 Å². The average molecular weight is 142 g/mol. The molecule has 4 nitrogen and oxygen atoms in total. The molecule has 0 aliphatic carbocycles. The van der Waals surface area contributed by atoms with Gasteiger partial charge in [0.15, 0.2) is 0 Å². The fraction of sp³-hybridized carbons (Fsp3) is 0.167. The van der Waals surface area contributed by atoms with Crippen LogP contribution < -0.4 is 0 Å². The Morgan fingerprint density at radius 1 is 1.70 bits per heavy atom. The second kappa shape index (κ2) is 2.06. The topological polar surface area (TPSA) is 70.7 Å². The Bertz CT molecular complexity index is 261. The number of aromatic carboxylic acids is 1. The third-order valence-electron chi connectivity index (χ3n) is 1.10. The van der Waals surface area contributed by atoms with Crippen LogP contribution in [-0.4, -0.2) is 16.2 Å². The summed E-state index contributed by atoms with van der Waals surface area (Å²) >= 11 is 0. The summed E-state index contributed by atoms with van der Waals surface area (Å²) in [5.74, 6) is -1.75. The van der Waals surface area contributed by atoms with Crippen LogP contribution in [-0.2, 0) is 0 Å². The van der Waals surface area contributed by atoms with Crippen LogP contribution in [0, 0.1) is 6.92 Å². The Hall–Kier alpha value is -1.45. The first-order valence-corrected chi connectivity index (χ1v) is 2.64. The minimum Gasteiger partial charge on any atom is -0.481 e. The van der Waals surface area contributed by atoms with E-state index in [1.54, 1.807) is 6.92 Å². The van der Waals surface area contributed by atoms with Gasteiger partial charge in [0.05, 0.1) is 0 Å². The van der Waals surface area contributed by atoms with Crippen LogP contribution in [0.2, 0.25) is 0 Å². The maximum Gasteiger partial charge on any atom is 0.372 e. The van der Waals surface area contributed by atoms with Gasteiger partial charge >= 0.3 is 5.97 Å². The van der Waals surface area contributed by atoms with E-state index in [4.69, 9.17) is 10.2 Å². The number of rotatable bonds is 1. The number of carboxylic acid groups (broad SMARTS) is 1. The van der Waals surface area contributed by atoms with Crippen molar-refractivity contribution in [2.75, 3.05) is 0 Å². The molecule has 0 saturated carbocycles. The highest BCUT2D eigenvalue weighted by atomic mass is 16.5. The maximum absolute atomic E-state index is 10.2. The highest BCUT2D eigenvalue weighted by Crippen LogP contribution is 2.18. The molecule has 0 atom stereocenters. The predicted octanol–water partition coefficient (Wildman–Crippen LogP) is 0.992. The van der Waals surface area contributed by atoms with Gasteiger partial charge in [-0.3, -0.25) is 0 Å². The van der Waals surface area contributed by atoms with Crippen molar-refractivity contribution >= 4 is 5.97 Å². The lowest BCUT2D eigenvalue weighted by Crippen LogP contribution is -1.94. The molecule has 0 spiro atoms. The first-order valence-electron chi connectivity index (χ1n) is 2.64. The van der Waals surface area contributed by atoms with Crippen LogP contribution in [0.3, 0.4) is 0 Å². The molecule has 0 radical (unpaired) electrons. The van der Waals surface area contributed by atoms with Crippen molar-refractivity contribution in [1.82, 2.24) is 0 Å². The number of carbonyl (C=O) groups is 1. The summed E-state index contributed by atoms with van der Waals surface area (Å²) in [6.07, 6.45) is 0. The van der Waals surface area contributed by atoms with Crippen LogP contribution in [0.15, 0.2) is 10.5 Å². The summed E-state index contributed by atoms with van der Waals surface area (Å²) in [6.45, 7) is 1.55. The van der Waals surface area contributed by atoms with Crippen molar-refractivity contribution in [3.8, 4) is 5.95 Å². The van der Waals surface area contributed by atoms with Gasteiger partial charge in [-0.2, -0.15) is 0 Å². The molecule has 10 heavy (non-hydrogen) atoms. The van der Waals surface area contributed by atoms with Gasteiger partial charge in [-0.1, -0.05) is 0 Å². The predicted molar refractivity (Wildman–Crippen MR) is 32.1 cm³/mol. The average Bonchev–Trinajstić information content (AvgIpc) is 2.10. The molecule has 0 aliphatic rings. The highest BCUT2D eigenvalue weighted by molar-refractivity contribution is 5.86. The van der Waals surface area contributed by atoms with E-state index in [9.17, 15) is 4.79 Å². The summed E-state index contributed by atoms with van der Waals surface area (Å²) in [7, 11) is 0. The van der Waals surface area contributed by atoms with E-state index in [0.717, 1.165) is 0 Å². The molecule has 1 rings (SSSR count). The van der Waals surface area contributed by atoms with E-state index < -0.39 is 5.97 Å². The van der Waals surface area contributed by atoms with Gasteiger partial charge in [0.1, 0.15) is 0 Å². The van der Waals surface area contributed by atoms with Gasteiger partial charge < -0.3 is 14.6 Å². The molecule has 0 bridgehead atoms. The SMILES string of the molecule is Cc1cc(O)oc1C(=O)O. The lowest BCUT2D eigenvalue weighted by atomic mass is 10.3. The lowest BCUT2D eigenvalue weighted by Gasteiger charge is -1.85. The van der Waals surface area contributed by atoms with E-state index >= 15 is 0 Å². The zero-order valence-electron chi connectivity index (χ0n) is 5.29. The highest BCUT2D eigenvalue weighted by Gasteiger charge is 2.12. The molecule has 0 fully saturated rings. The molecule has 54 valence electrons. The van der Waals surface area contributed by atoms with Gasteiger partial charge in [-0.15, -0.1) is 0 Å². The second-order valence-corrected chi connectivity index (χ2v) is 1.90. The number of aromatic hydroxyl groups is 1. The third-order valence-corrected chi connectivity index (χ3v) is 1.10. The molecular formula is C6H6O4. The molecule has 0 saturated heterocycles. The van der Waals surface area contributed by atoms with E-state index in [2.05, 4.69) is 4.42 Å². The number of furan rings is 1. The molecule has 4 heteroatoms. The van der Waals surface area contributed by atoms with Crippen LogP contribution in [0.4, 0.5) is 0 Å². The first-order chi connectivity index (χ1) is 4.61. The van der Waals surface area contributed by atoms with E-state index in [1.165, 1.54) is 6.07 Å². The van der Waals surface area contributed by atoms with Crippen molar-refractivity contribution < 1.29 is 19.4 Å².